The summed E-state index contributed by atoms with van der Waals surface area (Å²) < 4.78 is 0. The number of aromatic nitrogens is 1. The van der Waals surface area contributed by atoms with Crippen LogP contribution in [0.5, 0.6) is 0 Å². The van der Waals surface area contributed by atoms with E-state index >= 15 is 0 Å². The number of rotatable bonds is 2. The van der Waals surface area contributed by atoms with E-state index in [1.54, 1.807) is 24.3 Å². The average Bonchev–Trinajstić information content (AvgIpc) is 2.33. The van der Waals surface area contributed by atoms with Gasteiger partial charge in [-0.25, -0.2) is 4.98 Å². The third-order valence-corrected chi connectivity index (χ3v) is 2.91. The monoisotopic (exact) mass is 268 g/mol. The van der Waals surface area contributed by atoms with Crippen molar-refractivity contribution in [3.63, 3.8) is 0 Å². The average molecular weight is 269 g/mol. The van der Waals surface area contributed by atoms with Crippen molar-refractivity contribution in [1.29, 1.82) is 0 Å². The molecule has 1 heterocycles. The molecule has 0 spiro atoms. The van der Waals surface area contributed by atoms with Gasteiger partial charge < -0.3 is 0 Å². The minimum Gasteiger partial charge on any atom is -0.258 e. The van der Waals surface area contributed by atoms with Crippen molar-refractivity contribution >= 4 is 28.9 Å². The molecule has 0 bridgehead atoms. The SMILES string of the molecule is O=[N+]([O-])c1ccc(-c2ccc(Cl)c(Cl)c2)nc1. The third-order valence-electron chi connectivity index (χ3n) is 2.17. The van der Waals surface area contributed by atoms with E-state index in [1.165, 1.54) is 12.3 Å². The van der Waals surface area contributed by atoms with Gasteiger partial charge in [0.15, 0.2) is 0 Å². The zero-order valence-corrected chi connectivity index (χ0v) is 9.94. The molecule has 6 heteroatoms. The summed E-state index contributed by atoms with van der Waals surface area (Å²) in [6.45, 7) is 0. The van der Waals surface area contributed by atoms with E-state index in [9.17, 15) is 10.1 Å². The summed E-state index contributed by atoms with van der Waals surface area (Å²) in [4.78, 5) is 14.0. The Balaban J connectivity index is 2.39. The Morgan fingerprint density at radius 1 is 1.12 bits per heavy atom. The Labute approximate surface area is 107 Å². The van der Waals surface area contributed by atoms with E-state index < -0.39 is 4.92 Å². The van der Waals surface area contributed by atoms with Crippen LogP contribution in [0.15, 0.2) is 36.5 Å². The van der Waals surface area contributed by atoms with Gasteiger partial charge in [-0.2, -0.15) is 0 Å². The Bertz CT molecular complexity index is 570. The molecule has 4 nitrogen and oxygen atoms in total. The Morgan fingerprint density at radius 2 is 1.88 bits per heavy atom. The first kappa shape index (κ1) is 11.8. The van der Waals surface area contributed by atoms with E-state index in [-0.39, 0.29) is 5.69 Å². The normalized spacial score (nSPS) is 10.2. The molecule has 2 aromatic rings. The second kappa shape index (κ2) is 4.69. The van der Waals surface area contributed by atoms with Gasteiger partial charge in [-0.3, -0.25) is 10.1 Å². The molecule has 0 radical (unpaired) electrons. The number of benzene rings is 1. The van der Waals surface area contributed by atoms with Crippen molar-refractivity contribution in [2.75, 3.05) is 0 Å². The van der Waals surface area contributed by atoms with Gasteiger partial charge in [0.2, 0.25) is 0 Å². The molecule has 0 saturated carbocycles. The van der Waals surface area contributed by atoms with Crippen molar-refractivity contribution in [3.8, 4) is 11.3 Å². The molecule has 0 aliphatic heterocycles. The molecule has 0 saturated heterocycles. The zero-order chi connectivity index (χ0) is 12.4. The molecule has 0 unspecified atom stereocenters. The fourth-order valence-corrected chi connectivity index (χ4v) is 1.62. The molecule has 1 aromatic heterocycles. The van der Waals surface area contributed by atoms with Crippen LogP contribution in [0.4, 0.5) is 5.69 Å². The number of hydrogen-bond donors (Lipinski definition) is 0. The topological polar surface area (TPSA) is 56.0 Å². The molecule has 0 N–H and O–H groups in total. The lowest BCUT2D eigenvalue weighted by molar-refractivity contribution is -0.385. The maximum absolute atomic E-state index is 10.5. The lowest BCUT2D eigenvalue weighted by atomic mass is 10.1. The molecular formula is C11H6Cl2N2O2. The van der Waals surface area contributed by atoms with Crippen molar-refractivity contribution in [2.24, 2.45) is 0 Å². The van der Waals surface area contributed by atoms with Crippen molar-refractivity contribution in [1.82, 2.24) is 4.98 Å². The Kier molecular flexibility index (Phi) is 3.26. The molecule has 17 heavy (non-hydrogen) atoms. The van der Waals surface area contributed by atoms with Crippen LogP contribution < -0.4 is 0 Å². The van der Waals surface area contributed by atoms with E-state index in [0.717, 1.165) is 5.56 Å². The summed E-state index contributed by atoms with van der Waals surface area (Å²) in [6, 6.07) is 8.03. The first-order valence-corrected chi connectivity index (χ1v) is 5.39. The summed E-state index contributed by atoms with van der Waals surface area (Å²) in [6.07, 6.45) is 1.21. The highest BCUT2D eigenvalue weighted by Crippen LogP contribution is 2.27. The molecule has 1 aromatic carbocycles. The van der Waals surface area contributed by atoms with E-state index in [2.05, 4.69) is 4.98 Å². The lowest BCUT2D eigenvalue weighted by Gasteiger charge is -2.02. The quantitative estimate of drug-likeness (QED) is 0.612. The molecule has 0 amide bonds. The minimum atomic E-state index is -0.494. The number of hydrogen-bond acceptors (Lipinski definition) is 3. The van der Waals surface area contributed by atoms with Gasteiger partial charge in [0.05, 0.1) is 20.7 Å². The van der Waals surface area contributed by atoms with Crippen LogP contribution in [0.2, 0.25) is 10.0 Å². The molecular weight excluding hydrogens is 263 g/mol. The van der Waals surface area contributed by atoms with Crippen LogP contribution >= 0.6 is 23.2 Å². The summed E-state index contributed by atoms with van der Waals surface area (Å²) in [7, 11) is 0. The van der Waals surface area contributed by atoms with Crippen molar-refractivity contribution < 1.29 is 4.92 Å². The van der Waals surface area contributed by atoms with Gasteiger partial charge in [0.1, 0.15) is 6.20 Å². The van der Waals surface area contributed by atoms with Crippen molar-refractivity contribution in [2.45, 2.75) is 0 Å². The summed E-state index contributed by atoms with van der Waals surface area (Å²) in [5.74, 6) is 0. The van der Waals surface area contributed by atoms with Crippen molar-refractivity contribution in [3.05, 3.63) is 56.7 Å². The minimum absolute atomic E-state index is 0.0474. The number of nitrogens with zero attached hydrogens (tertiary/aromatic N) is 2. The summed E-state index contributed by atoms with van der Waals surface area (Å²) >= 11 is 11.7. The standard InChI is InChI=1S/C11H6Cl2N2O2/c12-9-3-1-7(5-10(9)13)11-4-2-8(6-14-11)15(16)17/h1-6H. The highest BCUT2D eigenvalue weighted by molar-refractivity contribution is 6.42. The smallest absolute Gasteiger partial charge is 0.258 e. The number of pyridine rings is 1. The number of halogens is 2. The van der Waals surface area contributed by atoms with E-state index in [1.807, 2.05) is 0 Å². The van der Waals surface area contributed by atoms with Crippen LogP contribution in [-0.2, 0) is 0 Å². The summed E-state index contributed by atoms with van der Waals surface area (Å²) in [5, 5.41) is 11.4. The molecule has 0 atom stereocenters. The highest BCUT2D eigenvalue weighted by Gasteiger charge is 2.07. The lowest BCUT2D eigenvalue weighted by Crippen LogP contribution is -1.90. The Hall–Kier alpha value is -1.65. The predicted molar refractivity (Wildman–Crippen MR) is 66.3 cm³/mol. The van der Waals surface area contributed by atoms with Gasteiger partial charge in [-0.05, 0) is 18.2 Å². The summed E-state index contributed by atoms with van der Waals surface area (Å²) in [5.41, 5.74) is 1.32. The second-order valence-electron chi connectivity index (χ2n) is 3.29. The van der Waals surface area contributed by atoms with Crippen LogP contribution in [-0.4, -0.2) is 9.91 Å². The van der Waals surface area contributed by atoms with Crippen LogP contribution in [0.1, 0.15) is 0 Å². The Morgan fingerprint density at radius 3 is 2.41 bits per heavy atom. The first-order chi connectivity index (χ1) is 8.08. The van der Waals surface area contributed by atoms with Crippen LogP contribution in [0, 0.1) is 10.1 Å². The largest absolute Gasteiger partial charge is 0.287 e. The predicted octanol–water partition coefficient (Wildman–Crippen LogP) is 3.96. The maximum atomic E-state index is 10.5. The van der Waals surface area contributed by atoms with E-state index in [0.29, 0.717) is 15.7 Å². The molecule has 86 valence electrons. The van der Waals surface area contributed by atoms with Gasteiger partial charge >= 0.3 is 0 Å². The van der Waals surface area contributed by atoms with Gasteiger partial charge in [-0.1, -0.05) is 29.3 Å². The van der Waals surface area contributed by atoms with Crippen LogP contribution in [0.25, 0.3) is 11.3 Å². The van der Waals surface area contributed by atoms with E-state index in [4.69, 9.17) is 23.2 Å². The maximum Gasteiger partial charge on any atom is 0.287 e. The second-order valence-corrected chi connectivity index (χ2v) is 4.10. The number of nitro groups is 1. The molecule has 0 aliphatic carbocycles. The highest BCUT2D eigenvalue weighted by atomic mass is 35.5. The third kappa shape index (κ3) is 2.54. The zero-order valence-electron chi connectivity index (χ0n) is 8.43. The van der Waals surface area contributed by atoms with Gasteiger partial charge in [-0.15, -0.1) is 0 Å². The van der Waals surface area contributed by atoms with Gasteiger partial charge in [0, 0.05) is 11.6 Å². The first-order valence-electron chi connectivity index (χ1n) is 4.64. The molecule has 0 aliphatic rings. The molecule has 0 fully saturated rings. The molecule has 2 rings (SSSR count). The fourth-order valence-electron chi connectivity index (χ4n) is 1.32. The van der Waals surface area contributed by atoms with Crippen LogP contribution in [0.3, 0.4) is 0 Å². The fraction of sp³-hybridized carbons (Fsp3) is 0. The van der Waals surface area contributed by atoms with Gasteiger partial charge in [0.25, 0.3) is 5.69 Å².